The molecule has 0 aliphatic carbocycles. The lowest BCUT2D eigenvalue weighted by Gasteiger charge is -2.15. The summed E-state index contributed by atoms with van der Waals surface area (Å²) in [4.78, 5) is 11.3. The van der Waals surface area contributed by atoms with Gasteiger partial charge >= 0.3 is 0 Å². The van der Waals surface area contributed by atoms with Crippen LogP contribution in [0.3, 0.4) is 0 Å². The van der Waals surface area contributed by atoms with Crippen LogP contribution in [0.4, 0.5) is 0 Å². The number of aryl methyl sites for hydroxylation is 1. The zero-order chi connectivity index (χ0) is 13.3. The van der Waals surface area contributed by atoms with E-state index in [9.17, 15) is 9.90 Å². The van der Waals surface area contributed by atoms with E-state index in [1.807, 2.05) is 25.4 Å². The molecule has 0 saturated heterocycles. The van der Waals surface area contributed by atoms with Crippen molar-refractivity contribution in [3.05, 3.63) is 36.0 Å². The molecule has 0 radical (unpaired) electrons. The Morgan fingerprint density at radius 3 is 2.72 bits per heavy atom. The van der Waals surface area contributed by atoms with Crippen LogP contribution in [-0.2, 0) is 18.3 Å². The van der Waals surface area contributed by atoms with Gasteiger partial charge in [0.05, 0.1) is 6.10 Å². The summed E-state index contributed by atoms with van der Waals surface area (Å²) >= 11 is 0. The third-order valence-electron chi connectivity index (χ3n) is 3.63. The Morgan fingerprint density at radius 1 is 1.39 bits per heavy atom. The van der Waals surface area contributed by atoms with E-state index in [4.69, 9.17) is 0 Å². The third-order valence-corrected chi connectivity index (χ3v) is 3.63. The maximum absolute atomic E-state index is 11.3. The summed E-state index contributed by atoms with van der Waals surface area (Å²) < 4.78 is 2.05. The molecular weight excluding hydrogens is 226 g/mol. The molecule has 2 rings (SSSR count). The number of hydrogen-bond donors (Lipinski definition) is 1. The number of carbonyl (C=O) groups excluding carboxylic acids is 1. The fourth-order valence-corrected chi connectivity index (χ4v) is 2.26. The highest BCUT2D eigenvalue weighted by Gasteiger charge is 2.20. The molecule has 0 aliphatic heterocycles. The average Bonchev–Trinajstić information content (AvgIpc) is 2.66. The van der Waals surface area contributed by atoms with Crippen LogP contribution >= 0.6 is 0 Å². The minimum Gasteiger partial charge on any atom is -0.392 e. The molecule has 0 bridgehead atoms. The monoisotopic (exact) mass is 245 g/mol. The molecular formula is C15H19NO2. The van der Waals surface area contributed by atoms with Crippen molar-refractivity contribution in [2.45, 2.75) is 26.4 Å². The summed E-state index contributed by atoms with van der Waals surface area (Å²) in [5.74, 6) is -0.285. The summed E-state index contributed by atoms with van der Waals surface area (Å²) in [5, 5.41) is 11.2. The molecule has 0 amide bonds. The van der Waals surface area contributed by atoms with Crippen molar-refractivity contribution in [2.24, 2.45) is 13.0 Å². The molecule has 3 heteroatoms. The van der Waals surface area contributed by atoms with Crippen molar-refractivity contribution < 1.29 is 9.90 Å². The predicted molar refractivity (Wildman–Crippen MR) is 72.5 cm³/mol. The Kier molecular flexibility index (Phi) is 3.53. The summed E-state index contributed by atoms with van der Waals surface area (Å²) in [6.45, 7) is 3.30. The predicted octanol–water partition coefficient (Wildman–Crippen LogP) is 2.31. The fraction of sp³-hybridized carbons (Fsp3) is 0.400. The standard InChI is InChI=1S/C15H19NO2/c1-10(11(2)17)15(18)8-12-9-16(3)14-7-5-4-6-13(12)14/h4-7,9-10,15,18H,8H2,1-3H3/t10-,15-/m0/s1. The van der Waals surface area contributed by atoms with Gasteiger partial charge in [-0.1, -0.05) is 25.1 Å². The second kappa shape index (κ2) is 4.94. The number of aliphatic hydroxyl groups is 1. The van der Waals surface area contributed by atoms with Crippen molar-refractivity contribution in [1.82, 2.24) is 4.57 Å². The maximum atomic E-state index is 11.3. The normalized spacial score (nSPS) is 14.7. The first-order valence-corrected chi connectivity index (χ1v) is 6.22. The Bertz CT molecular complexity index is 571. The van der Waals surface area contributed by atoms with Gasteiger partial charge in [0.2, 0.25) is 0 Å². The molecule has 1 heterocycles. The van der Waals surface area contributed by atoms with E-state index in [0.717, 1.165) is 16.5 Å². The average molecular weight is 245 g/mol. The summed E-state index contributed by atoms with van der Waals surface area (Å²) in [6, 6.07) is 8.10. The Balaban J connectivity index is 2.30. The number of ketones is 1. The van der Waals surface area contributed by atoms with Gasteiger partial charge < -0.3 is 9.67 Å². The van der Waals surface area contributed by atoms with Gasteiger partial charge in [-0.2, -0.15) is 0 Å². The highest BCUT2D eigenvalue weighted by molar-refractivity contribution is 5.84. The Hall–Kier alpha value is -1.61. The number of benzene rings is 1. The highest BCUT2D eigenvalue weighted by atomic mass is 16.3. The molecule has 2 atom stereocenters. The van der Waals surface area contributed by atoms with E-state index in [2.05, 4.69) is 16.7 Å². The summed E-state index contributed by atoms with van der Waals surface area (Å²) in [7, 11) is 1.99. The van der Waals surface area contributed by atoms with E-state index < -0.39 is 6.10 Å². The quantitative estimate of drug-likeness (QED) is 0.898. The number of rotatable bonds is 4. The molecule has 1 aromatic heterocycles. The molecule has 96 valence electrons. The molecule has 18 heavy (non-hydrogen) atoms. The van der Waals surface area contributed by atoms with Crippen molar-refractivity contribution in [2.75, 3.05) is 0 Å². The number of hydrogen-bond acceptors (Lipinski definition) is 2. The fourth-order valence-electron chi connectivity index (χ4n) is 2.26. The zero-order valence-electron chi connectivity index (χ0n) is 11.1. The Morgan fingerprint density at radius 2 is 2.06 bits per heavy atom. The van der Waals surface area contributed by atoms with Crippen molar-refractivity contribution in [3.8, 4) is 0 Å². The van der Waals surface area contributed by atoms with E-state index in [-0.39, 0.29) is 11.7 Å². The first-order valence-electron chi connectivity index (χ1n) is 6.22. The van der Waals surface area contributed by atoms with Crippen LogP contribution in [-0.4, -0.2) is 21.6 Å². The summed E-state index contributed by atoms with van der Waals surface area (Å²) in [6.07, 6.45) is 1.93. The van der Waals surface area contributed by atoms with Gasteiger partial charge in [-0.05, 0) is 18.6 Å². The molecule has 1 N–H and O–H groups in total. The smallest absolute Gasteiger partial charge is 0.135 e. The van der Waals surface area contributed by atoms with Crippen LogP contribution in [0.15, 0.2) is 30.5 Å². The zero-order valence-corrected chi connectivity index (χ0v) is 11.1. The number of fused-ring (bicyclic) bond motifs is 1. The van der Waals surface area contributed by atoms with Gasteiger partial charge in [-0.25, -0.2) is 0 Å². The van der Waals surface area contributed by atoms with Gasteiger partial charge in [0.25, 0.3) is 0 Å². The number of Topliss-reactive ketones (excluding diaryl/α,β-unsaturated/α-hetero) is 1. The number of aromatic nitrogens is 1. The van der Waals surface area contributed by atoms with Crippen LogP contribution < -0.4 is 0 Å². The van der Waals surface area contributed by atoms with Crippen molar-refractivity contribution in [1.29, 1.82) is 0 Å². The van der Waals surface area contributed by atoms with Crippen LogP contribution in [0.25, 0.3) is 10.9 Å². The molecule has 0 aliphatic rings. The lowest BCUT2D eigenvalue weighted by molar-refractivity contribution is -0.123. The van der Waals surface area contributed by atoms with Gasteiger partial charge in [0, 0.05) is 36.5 Å². The molecule has 2 aromatic rings. The van der Waals surface area contributed by atoms with Crippen LogP contribution in [0.5, 0.6) is 0 Å². The number of aliphatic hydroxyl groups excluding tert-OH is 1. The first-order chi connectivity index (χ1) is 8.50. The van der Waals surface area contributed by atoms with Crippen LogP contribution in [0.1, 0.15) is 19.4 Å². The van der Waals surface area contributed by atoms with E-state index in [0.29, 0.717) is 6.42 Å². The molecule has 0 spiro atoms. The maximum Gasteiger partial charge on any atom is 0.135 e. The first kappa shape index (κ1) is 12.8. The molecule has 0 saturated carbocycles. The summed E-state index contributed by atoms with van der Waals surface area (Å²) in [5.41, 5.74) is 2.24. The van der Waals surface area contributed by atoms with E-state index >= 15 is 0 Å². The lowest BCUT2D eigenvalue weighted by atomic mass is 9.95. The minimum atomic E-state index is -0.617. The number of para-hydroxylation sites is 1. The molecule has 1 aromatic carbocycles. The van der Waals surface area contributed by atoms with E-state index in [1.165, 1.54) is 6.92 Å². The number of carbonyl (C=O) groups is 1. The van der Waals surface area contributed by atoms with Crippen LogP contribution in [0.2, 0.25) is 0 Å². The van der Waals surface area contributed by atoms with Crippen molar-refractivity contribution in [3.63, 3.8) is 0 Å². The van der Waals surface area contributed by atoms with E-state index in [1.54, 1.807) is 6.92 Å². The highest BCUT2D eigenvalue weighted by Crippen LogP contribution is 2.23. The molecule has 0 fully saturated rings. The van der Waals surface area contributed by atoms with Gasteiger partial charge in [-0.15, -0.1) is 0 Å². The topological polar surface area (TPSA) is 42.2 Å². The number of nitrogens with zero attached hydrogens (tertiary/aromatic N) is 1. The van der Waals surface area contributed by atoms with Gasteiger partial charge in [0.15, 0.2) is 0 Å². The minimum absolute atomic E-state index is 0.0303. The van der Waals surface area contributed by atoms with Gasteiger partial charge in [-0.3, -0.25) is 4.79 Å². The lowest BCUT2D eigenvalue weighted by Crippen LogP contribution is -2.25. The third kappa shape index (κ3) is 2.31. The SMILES string of the molecule is CC(=O)[C@H](C)[C@@H](O)Cc1cn(C)c2ccccc12. The molecule has 3 nitrogen and oxygen atoms in total. The Labute approximate surface area is 107 Å². The van der Waals surface area contributed by atoms with Crippen LogP contribution in [0, 0.1) is 5.92 Å². The largest absolute Gasteiger partial charge is 0.392 e. The van der Waals surface area contributed by atoms with Crippen molar-refractivity contribution >= 4 is 16.7 Å². The van der Waals surface area contributed by atoms with Gasteiger partial charge in [0.1, 0.15) is 5.78 Å². The molecule has 0 unspecified atom stereocenters. The second-order valence-electron chi connectivity index (χ2n) is 4.95. The second-order valence-corrected chi connectivity index (χ2v) is 4.95.